The summed E-state index contributed by atoms with van der Waals surface area (Å²) in [7, 11) is 1.79. The molecule has 1 heterocycles. The number of benzene rings is 1. The van der Waals surface area contributed by atoms with Gasteiger partial charge < -0.3 is 25.4 Å². The molecule has 1 aromatic rings. The van der Waals surface area contributed by atoms with Crippen LogP contribution in [0.1, 0.15) is 25.3 Å². The van der Waals surface area contributed by atoms with E-state index in [0.717, 1.165) is 51.6 Å². The minimum atomic E-state index is 0.0173. The largest absolute Gasteiger partial charge is 0.396 e. The summed E-state index contributed by atoms with van der Waals surface area (Å²) in [5, 5.41) is 16.1. The number of anilines is 1. The number of ether oxygens (including phenoxy) is 1. The number of guanidine groups is 1. The summed E-state index contributed by atoms with van der Waals surface area (Å²) in [6, 6.07) is 8.60. The summed E-state index contributed by atoms with van der Waals surface area (Å²) in [4.78, 5) is 6.67. The van der Waals surface area contributed by atoms with Crippen molar-refractivity contribution in [3.8, 4) is 0 Å². The molecule has 6 heteroatoms. The quantitative estimate of drug-likeness (QED) is 0.461. The molecule has 1 fully saturated rings. The van der Waals surface area contributed by atoms with Crippen molar-refractivity contribution in [3.63, 3.8) is 0 Å². The Labute approximate surface area is 157 Å². The number of aliphatic imine (C=N–C) groups is 1. The fraction of sp³-hybridized carbons (Fsp3) is 0.650. The van der Waals surface area contributed by atoms with E-state index in [1.807, 2.05) is 0 Å². The van der Waals surface area contributed by atoms with Crippen molar-refractivity contribution in [1.82, 2.24) is 10.6 Å². The highest BCUT2D eigenvalue weighted by Gasteiger charge is 2.34. The Kier molecular flexibility index (Phi) is 8.19. The lowest BCUT2D eigenvalue weighted by atomic mass is 9.84. The van der Waals surface area contributed by atoms with Gasteiger partial charge in [0.15, 0.2) is 5.96 Å². The average Bonchev–Trinajstić information content (AvgIpc) is 3.10. The van der Waals surface area contributed by atoms with Crippen LogP contribution < -0.4 is 15.5 Å². The molecule has 2 rings (SSSR count). The standard InChI is InChI=1S/C20H34N4O2/c1-4-24(18-7-5-6-17(2)14-18)11-10-22-19(21-3)23-15-20(8-12-25)9-13-26-16-20/h5-7,14,25H,4,8-13,15-16H2,1-3H3,(H2,21,22,23). The smallest absolute Gasteiger partial charge is 0.191 e. The molecule has 0 radical (unpaired) electrons. The Bertz CT molecular complexity index is 571. The minimum absolute atomic E-state index is 0.0173. The number of hydrogen-bond acceptors (Lipinski definition) is 4. The Morgan fingerprint density at radius 2 is 2.23 bits per heavy atom. The zero-order valence-electron chi connectivity index (χ0n) is 16.4. The number of hydrogen-bond donors (Lipinski definition) is 3. The van der Waals surface area contributed by atoms with Crippen LogP contribution in [0.2, 0.25) is 0 Å². The molecule has 0 bridgehead atoms. The van der Waals surface area contributed by atoms with Gasteiger partial charge in [-0.3, -0.25) is 4.99 Å². The second kappa shape index (κ2) is 10.4. The number of aliphatic hydroxyl groups is 1. The van der Waals surface area contributed by atoms with E-state index in [1.165, 1.54) is 11.3 Å². The van der Waals surface area contributed by atoms with Crippen molar-refractivity contribution in [3.05, 3.63) is 29.8 Å². The molecule has 3 N–H and O–H groups in total. The lowest BCUT2D eigenvalue weighted by molar-refractivity contribution is 0.127. The molecule has 1 unspecified atom stereocenters. The lowest BCUT2D eigenvalue weighted by Crippen LogP contribution is -2.46. The maximum Gasteiger partial charge on any atom is 0.191 e. The molecule has 6 nitrogen and oxygen atoms in total. The monoisotopic (exact) mass is 362 g/mol. The van der Waals surface area contributed by atoms with Gasteiger partial charge in [-0.2, -0.15) is 0 Å². The molecule has 0 aromatic heterocycles. The second-order valence-corrected chi connectivity index (χ2v) is 7.05. The van der Waals surface area contributed by atoms with E-state index in [-0.39, 0.29) is 12.0 Å². The first-order valence-electron chi connectivity index (χ1n) is 9.57. The third-order valence-corrected chi connectivity index (χ3v) is 5.10. The maximum atomic E-state index is 9.34. The number of nitrogens with zero attached hydrogens (tertiary/aromatic N) is 2. The van der Waals surface area contributed by atoms with Gasteiger partial charge in [0.1, 0.15) is 0 Å². The van der Waals surface area contributed by atoms with Gasteiger partial charge in [-0.15, -0.1) is 0 Å². The van der Waals surface area contributed by atoms with Crippen molar-refractivity contribution >= 4 is 11.6 Å². The van der Waals surface area contributed by atoms with Gasteiger partial charge in [-0.05, 0) is 44.4 Å². The van der Waals surface area contributed by atoms with Crippen LogP contribution in [0, 0.1) is 12.3 Å². The lowest BCUT2D eigenvalue weighted by Gasteiger charge is -2.28. The zero-order chi connectivity index (χ0) is 18.8. The number of likely N-dealkylation sites (N-methyl/N-ethyl adjacent to an activating group) is 1. The molecule has 1 aliphatic heterocycles. The Morgan fingerprint density at radius 1 is 1.38 bits per heavy atom. The summed E-state index contributed by atoms with van der Waals surface area (Å²) < 4.78 is 5.55. The second-order valence-electron chi connectivity index (χ2n) is 7.05. The minimum Gasteiger partial charge on any atom is -0.396 e. The van der Waals surface area contributed by atoms with Gasteiger partial charge >= 0.3 is 0 Å². The Morgan fingerprint density at radius 3 is 2.85 bits per heavy atom. The number of nitrogens with one attached hydrogen (secondary N) is 2. The predicted molar refractivity (Wildman–Crippen MR) is 108 cm³/mol. The van der Waals surface area contributed by atoms with Crippen molar-refractivity contribution in [2.45, 2.75) is 26.7 Å². The van der Waals surface area contributed by atoms with Gasteiger partial charge in [0.05, 0.1) is 6.61 Å². The van der Waals surface area contributed by atoms with E-state index < -0.39 is 0 Å². The highest BCUT2D eigenvalue weighted by molar-refractivity contribution is 5.79. The topological polar surface area (TPSA) is 69.1 Å². The molecule has 26 heavy (non-hydrogen) atoms. The highest BCUT2D eigenvalue weighted by Crippen LogP contribution is 2.31. The van der Waals surface area contributed by atoms with Crippen molar-refractivity contribution in [1.29, 1.82) is 0 Å². The van der Waals surface area contributed by atoms with Crippen LogP contribution in [-0.4, -0.2) is 64.1 Å². The zero-order valence-corrected chi connectivity index (χ0v) is 16.4. The van der Waals surface area contributed by atoms with Gasteiger partial charge in [0, 0.05) is 57.5 Å². The normalized spacial score (nSPS) is 20.2. The van der Waals surface area contributed by atoms with Gasteiger partial charge in [-0.1, -0.05) is 12.1 Å². The molecular formula is C20H34N4O2. The third-order valence-electron chi connectivity index (χ3n) is 5.10. The number of rotatable bonds is 9. The van der Waals surface area contributed by atoms with Gasteiger partial charge in [0.2, 0.25) is 0 Å². The predicted octanol–water partition coefficient (Wildman–Crippen LogP) is 1.78. The Hall–Kier alpha value is -1.79. The van der Waals surface area contributed by atoms with Gasteiger partial charge in [0.25, 0.3) is 0 Å². The van der Waals surface area contributed by atoms with Crippen LogP contribution in [0.4, 0.5) is 5.69 Å². The maximum absolute atomic E-state index is 9.34. The molecular weight excluding hydrogens is 328 g/mol. The first-order chi connectivity index (χ1) is 12.6. The van der Waals surface area contributed by atoms with E-state index in [2.05, 4.69) is 58.6 Å². The van der Waals surface area contributed by atoms with Crippen LogP contribution in [-0.2, 0) is 4.74 Å². The molecule has 0 amide bonds. The van der Waals surface area contributed by atoms with Crippen LogP contribution in [0.15, 0.2) is 29.3 Å². The van der Waals surface area contributed by atoms with E-state index in [0.29, 0.717) is 6.61 Å². The van der Waals surface area contributed by atoms with Gasteiger partial charge in [-0.25, -0.2) is 0 Å². The van der Waals surface area contributed by atoms with Crippen LogP contribution >= 0.6 is 0 Å². The molecule has 146 valence electrons. The van der Waals surface area contributed by atoms with E-state index in [9.17, 15) is 5.11 Å². The first kappa shape index (κ1) is 20.5. The third kappa shape index (κ3) is 5.88. The van der Waals surface area contributed by atoms with E-state index >= 15 is 0 Å². The average molecular weight is 363 g/mol. The molecule has 1 saturated heterocycles. The summed E-state index contributed by atoms with van der Waals surface area (Å²) in [5.74, 6) is 0.800. The SMILES string of the molecule is CCN(CCNC(=NC)NCC1(CCO)CCOC1)c1cccc(C)c1. The summed E-state index contributed by atoms with van der Waals surface area (Å²) in [6.45, 7) is 9.42. The summed E-state index contributed by atoms with van der Waals surface area (Å²) in [6.07, 6.45) is 1.74. The Balaban J connectivity index is 1.81. The fourth-order valence-corrected chi connectivity index (χ4v) is 3.41. The molecule has 0 saturated carbocycles. The highest BCUT2D eigenvalue weighted by atomic mass is 16.5. The van der Waals surface area contributed by atoms with E-state index in [4.69, 9.17) is 4.74 Å². The van der Waals surface area contributed by atoms with Crippen LogP contribution in [0.25, 0.3) is 0 Å². The van der Waals surface area contributed by atoms with Crippen molar-refractivity contribution < 1.29 is 9.84 Å². The molecule has 1 aromatic carbocycles. The number of aryl methyl sites for hydroxylation is 1. The number of aliphatic hydroxyl groups excluding tert-OH is 1. The molecule has 1 aliphatic rings. The first-order valence-corrected chi connectivity index (χ1v) is 9.57. The fourth-order valence-electron chi connectivity index (χ4n) is 3.41. The van der Waals surface area contributed by atoms with Crippen molar-refractivity contribution in [2.75, 3.05) is 57.9 Å². The summed E-state index contributed by atoms with van der Waals surface area (Å²) in [5.41, 5.74) is 2.55. The summed E-state index contributed by atoms with van der Waals surface area (Å²) >= 11 is 0. The van der Waals surface area contributed by atoms with E-state index in [1.54, 1.807) is 7.05 Å². The van der Waals surface area contributed by atoms with Crippen LogP contribution in [0.5, 0.6) is 0 Å². The van der Waals surface area contributed by atoms with Crippen molar-refractivity contribution in [2.24, 2.45) is 10.4 Å². The molecule has 0 spiro atoms. The van der Waals surface area contributed by atoms with Crippen LogP contribution in [0.3, 0.4) is 0 Å². The molecule has 1 atom stereocenters. The molecule has 0 aliphatic carbocycles.